The van der Waals surface area contributed by atoms with Crippen LogP contribution >= 0.6 is 0 Å². The van der Waals surface area contributed by atoms with E-state index in [-0.39, 0.29) is 6.42 Å². The van der Waals surface area contributed by atoms with Crippen molar-refractivity contribution >= 4 is 28.5 Å². The monoisotopic (exact) mass is 297 g/mol. The Bertz CT molecular complexity index is 787. The molecule has 2 aromatic carbocycles. The van der Waals surface area contributed by atoms with E-state index in [9.17, 15) is 14.4 Å². The quantitative estimate of drug-likeness (QED) is 0.817. The number of hydrogen-bond acceptors (Lipinski definition) is 4. The Morgan fingerprint density at radius 1 is 1.09 bits per heavy atom. The predicted octanol–water partition coefficient (Wildman–Crippen LogP) is 2.77. The standard InChI is InChI=1S/C17H15NO4/c1-3-5-14(19)18-16(20)11-7-4-6-10-13(22-2)9-8-12(15(10)11)17(18)21/h4,6-9H,3,5H2,1-2H3. The summed E-state index contributed by atoms with van der Waals surface area (Å²) in [6.45, 7) is 1.83. The lowest BCUT2D eigenvalue weighted by Crippen LogP contribution is -2.44. The van der Waals surface area contributed by atoms with Gasteiger partial charge in [-0.05, 0) is 24.6 Å². The Kier molecular flexibility index (Phi) is 3.41. The molecular formula is C17H15NO4. The Hall–Kier alpha value is -2.69. The number of amides is 3. The third-order valence-electron chi connectivity index (χ3n) is 3.80. The van der Waals surface area contributed by atoms with Gasteiger partial charge in [-0.1, -0.05) is 19.1 Å². The Labute approximate surface area is 127 Å². The summed E-state index contributed by atoms with van der Waals surface area (Å²) in [5, 5.41) is 1.25. The maximum absolute atomic E-state index is 12.6. The molecule has 5 heteroatoms. The molecule has 22 heavy (non-hydrogen) atoms. The second-order valence-electron chi connectivity index (χ2n) is 5.13. The molecule has 0 radical (unpaired) electrons. The molecule has 1 heterocycles. The molecule has 0 bridgehead atoms. The number of methoxy groups -OCH3 is 1. The highest BCUT2D eigenvalue weighted by atomic mass is 16.5. The molecule has 0 N–H and O–H groups in total. The van der Waals surface area contributed by atoms with Gasteiger partial charge in [0.25, 0.3) is 11.8 Å². The van der Waals surface area contributed by atoms with Gasteiger partial charge in [-0.25, -0.2) is 4.90 Å². The highest BCUT2D eigenvalue weighted by Gasteiger charge is 2.36. The van der Waals surface area contributed by atoms with Crippen LogP contribution in [0.3, 0.4) is 0 Å². The van der Waals surface area contributed by atoms with E-state index in [1.807, 2.05) is 6.92 Å². The van der Waals surface area contributed by atoms with Crippen LogP contribution in [-0.2, 0) is 4.79 Å². The molecule has 3 amide bonds. The maximum Gasteiger partial charge on any atom is 0.268 e. The Morgan fingerprint density at radius 2 is 1.77 bits per heavy atom. The zero-order valence-corrected chi connectivity index (χ0v) is 12.4. The van der Waals surface area contributed by atoms with Crippen LogP contribution in [0.2, 0.25) is 0 Å². The third kappa shape index (κ3) is 1.89. The summed E-state index contributed by atoms with van der Waals surface area (Å²) in [5.74, 6) is -0.991. The molecule has 0 atom stereocenters. The van der Waals surface area contributed by atoms with Gasteiger partial charge in [0.2, 0.25) is 5.91 Å². The molecule has 0 aromatic heterocycles. The van der Waals surface area contributed by atoms with Gasteiger partial charge < -0.3 is 4.74 Å². The minimum absolute atomic E-state index is 0.166. The van der Waals surface area contributed by atoms with Gasteiger partial charge >= 0.3 is 0 Å². The summed E-state index contributed by atoms with van der Waals surface area (Å²) < 4.78 is 5.29. The average Bonchev–Trinajstić information content (AvgIpc) is 2.52. The van der Waals surface area contributed by atoms with Crippen LogP contribution in [-0.4, -0.2) is 29.7 Å². The Balaban J connectivity index is 2.26. The van der Waals surface area contributed by atoms with Crippen molar-refractivity contribution in [3.63, 3.8) is 0 Å². The van der Waals surface area contributed by atoms with Gasteiger partial charge in [-0.2, -0.15) is 0 Å². The van der Waals surface area contributed by atoms with Gasteiger partial charge in [-0.3, -0.25) is 14.4 Å². The molecule has 0 unspecified atom stereocenters. The van der Waals surface area contributed by atoms with Crippen molar-refractivity contribution in [1.82, 2.24) is 4.90 Å². The lowest BCUT2D eigenvalue weighted by Gasteiger charge is -2.26. The van der Waals surface area contributed by atoms with Crippen LogP contribution in [0.15, 0.2) is 30.3 Å². The van der Waals surface area contributed by atoms with Gasteiger partial charge in [0.1, 0.15) is 5.75 Å². The highest BCUT2D eigenvalue weighted by Crippen LogP contribution is 2.35. The zero-order chi connectivity index (χ0) is 15.9. The first kappa shape index (κ1) is 14.3. The van der Waals surface area contributed by atoms with Crippen LogP contribution in [0.1, 0.15) is 40.5 Å². The number of benzene rings is 2. The van der Waals surface area contributed by atoms with Crippen molar-refractivity contribution in [2.45, 2.75) is 19.8 Å². The maximum atomic E-state index is 12.6. The van der Waals surface area contributed by atoms with E-state index in [4.69, 9.17) is 4.74 Å². The van der Waals surface area contributed by atoms with Gasteiger partial charge in [0, 0.05) is 28.3 Å². The number of carbonyl (C=O) groups is 3. The van der Waals surface area contributed by atoms with E-state index in [0.717, 1.165) is 4.90 Å². The van der Waals surface area contributed by atoms with E-state index in [2.05, 4.69) is 0 Å². The summed E-state index contributed by atoms with van der Waals surface area (Å²) in [5.41, 5.74) is 0.714. The van der Waals surface area contributed by atoms with Crippen LogP contribution in [0.4, 0.5) is 0 Å². The number of nitrogens with zero attached hydrogens (tertiary/aromatic N) is 1. The van der Waals surface area contributed by atoms with E-state index in [1.165, 1.54) is 7.11 Å². The van der Waals surface area contributed by atoms with Crippen molar-refractivity contribution < 1.29 is 19.1 Å². The Morgan fingerprint density at radius 3 is 2.41 bits per heavy atom. The van der Waals surface area contributed by atoms with Crippen LogP contribution in [0.25, 0.3) is 10.8 Å². The molecule has 0 saturated heterocycles. The summed E-state index contributed by atoms with van der Waals surface area (Å²) in [7, 11) is 1.54. The van der Waals surface area contributed by atoms with E-state index in [1.54, 1.807) is 30.3 Å². The first-order chi connectivity index (χ1) is 10.6. The SMILES string of the molecule is CCCC(=O)N1C(=O)c2cccc3c(OC)ccc(c23)C1=O. The lowest BCUT2D eigenvalue weighted by molar-refractivity contribution is -0.126. The van der Waals surface area contributed by atoms with Crippen LogP contribution in [0, 0.1) is 0 Å². The highest BCUT2D eigenvalue weighted by molar-refractivity contribution is 6.31. The number of imide groups is 3. The van der Waals surface area contributed by atoms with Crippen molar-refractivity contribution in [3.8, 4) is 5.75 Å². The number of ether oxygens (including phenoxy) is 1. The topological polar surface area (TPSA) is 63.7 Å². The van der Waals surface area contributed by atoms with E-state index >= 15 is 0 Å². The predicted molar refractivity (Wildman–Crippen MR) is 80.9 cm³/mol. The van der Waals surface area contributed by atoms with Gasteiger partial charge in [0.15, 0.2) is 0 Å². The van der Waals surface area contributed by atoms with E-state index < -0.39 is 17.7 Å². The molecule has 3 rings (SSSR count). The second kappa shape index (κ2) is 5.26. The lowest BCUT2D eigenvalue weighted by atomic mass is 9.93. The summed E-state index contributed by atoms with van der Waals surface area (Å²) in [6.07, 6.45) is 0.745. The molecule has 0 spiro atoms. The van der Waals surface area contributed by atoms with E-state index in [0.29, 0.717) is 34.1 Å². The number of rotatable bonds is 3. The minimum Gasteiger partial charge on any atom is -0.496 e. The van der Waals surface area contributed by atoms with Crippen molar-refractivity contribution in [2.75, 3.05) is 7.11 Å². The number of hydrogen-bond donors (Lipinski definition) is 0. The molecule has 112 valence electrons. The molecule has 0 aliphatic carbocycles. The fraction of sp³-hybridized carbons (Fsp3) is 0.235. The minimum atomic E-state index is -0.560. The summed E-state index contributed by atoms with van der Waals surface area (Å²) >= 11 is 0. The van der Waals surface area contributed by atoms with Crippen LogP contribution in [0.5, 0.6) is 5.75 Å². The van der Waals surface area contributed by atoms with Crippen molar-refractivity contribution in [1.29, 1.82) is 0 Å². The van der Waals surface area contributed by atoms with Crippen LogP contribution < -0.4 is 4.74 Å². The first-order valence-corrected chi connectivity index (χ1v) is 7.11. The normalized spacial score (nSPS) is 13.6. The zero-order valence-electron chi connectivity index (χ0n) is 12.4. The largest absolute Gasteiger partial charge is 0.496 e. The van der Waals surface area contributed by atoms with Gasteiger partial charge in [-0.15, -0.1) is 0 Å². The fourth-order valence-corrected chi connectivity index (χ4v) is 2.80. The molecular weight excluding hydrogens is 282 g/mol. The molecule has 1 aliphatic heterocycles. The molecule has 2 aromatic rings. The molecule has 5 nitrogen and oxygen atoms in total. The first-order valence-electron chi connectivity index (χ1n) is 7.11. The molecule has 0 fully saturated rings. The average molecular weight is 297 g/mol. The second-order valence-corrected chi connectivity index (χ2v) is 5.13. The number of carbonyl (C=O) groups excluding carboxylic acids is 3. The van der Waals surface area contributed by atoms with Gasteiger partial charge in [0.05, 0.1) is 7.11 Å². The smallest absolute Gasteiger partial charge is 0.268 e. The summed E-state index contributed by atoms with van der Waals surface area (Å²) in [6, 6.07) is 8.43. The molecule has 0 saturated carbocycles. The third-order valence-corrected chi connectivity index (χ3v) is 3.80. The summed E-state index contributed by atoms with van der Waals surface area (Å²) in [4.78, 5) is 38.0. The van der Waals surface area contributed by atoms with Crippen molar-refractivity contribution in [2.24, 2.45) is 0 Å². The van der Waals surface area contributed by atoms with Crippen molar-refractivity contribution in [3.05, 3.63) is 41.5 Å². The fourth-order valence-electron chi connectivity index (χ4n) is 2.80. The molecule has 1 aliphatic rings.